The summed E-state index contributed by atoms with van der Waals surface area (Å²) in [7, 11) is 0. The standard InChI is InChI=1S/C13H14N2O4S/c1-2-5-14-11(16)8-15-12(17)10(20-13(15)18)7-9-4-3-6-19-9/h3-4,6-7H,2,5,8H2,1H3,(H,14,16)/b10-7-. The van der Waals surface area contributed by atoms with Crippen LogP contribution in [0.1, 0.15) is 19.1 Å². The maximum Gasteiger partial charge on any atom is 0.294 e. The van der Waals surface area contributed by atoms with E-state index in [9.17, 15) is 14.4 Å². The van der Waals surface area contributed by atoms with Gasteiger partial charge in [-0.25, -0.2) is 0 Å². The van der Waals surface area contributed by atoms with E-state index in [2.05, 4.69) is 5.32 Å². The van der Waals surface area contributed by atoms with Crippen LogP contribution in [0.25, 0.3) is 6.08 Å². The summed E-state index contributed by atoms with van der Waals surface area (Å²) < 4.78 is 5.10. The molecule has 7 heteroatoms. The first-order valence-electron chi connectivity index (χ1n) is 6.17. The summed E-state index contributed by atoms with van der Waals surface area (Å²) >= 11 is 0.804. The monoisotopic (exact) mass is 294 g/mol. The minimum Gasteiger partial charge on any atom is -0.465 e. The average Bonchev–Trinajstić information content (AvgIpc) is 3.01. The highest BCUT2D eigenvalue weighted by Crippen LogP contribution is 2.31. The van der Waals surface area contributed by atoms with Crippen LogP contribution in [0.5, 0.6) is 0 Å². The molecule has 1 saturated heterocycles. The Kier molecular flexibility index (Phi) is 4.62. The lowest BCUT2D eigenvalue weighted by Crippen LogP contribution is -2.39. The molecule has 1 aliphatic rings. The molecule has 0 atom stereocenters. The van der Waals surface area contributed by atoms with E-state index < -0.39 is 11.1 Å². The molecule has 1 N–H and O–H groups in total. The molecule has 1 aliphatic heterocycles. The van der Waals surface area contributed by atoms with Gasteiger partial charge in [0.05, 0.1) is 11.2 Å². The molecule has 106 valence electrons. The van der Waals surface area contributed by atoms with Gasteiger partial charge in [0, 0.05) is 12.6 Å². The molecule has 20 heavy (non-hydrogen) atoms. The van der Waals surface area contributed by atoms with Gasteiger partial charge in [0.2, 0.25) is 5.91 Å². The Labute approximate surface area is 120 Å². The van der Waals surface area contributed by atoms with E-state index in [0.717, 1.165) is 23.1 Å². The fraction of sp³-hybridized carbons (Fsp3) is 0.308. The van der Waals surface area contributed by atoms with E-state index in [0.29, 0.717) is 12.3 Å². The summed E-state index contributed by atoms with van der Waals surface area (Å²) in [5.41, 5.74) is 0. The quantitative estimate of drug-likeness (QED) is 0.838. The molecule has 1 fully saturated rings. The van der Waals surface area contributed by atoms with Gasteiger partial charge in [0.25, 0.3) is 11.1 Å². The van der Waals surface area contributed by atoms with Crippen LogP contribution in [0.4, 0.5) is 4.79 Å². The fourth-order valence-corrected chi connectivity index (χ4v) is 2.42. The number of imide groups is 1. The number of nitrogens with one attached hydrogen (secondary N) is 1. The predicted octanol–water partition coefficient (Wildman–Crippen LogP) is 1.84. The Morgan fingerprint density at radius 3 is 2.95 bits per heavy atom. The van der Waals surface area contributed by atoms with Crippen LogP contribution in [-0.4, -0.2) is 35.0 Å². The number of hydrogen-bond acceptors (Lipinski definition) is 5. The third kappa shape index (κ3) is 3.30. The molecular weight excluding hydrogens is 280 g/mol. The molecule has 0 spiro atoms. The molecule has 2 rings (SSSR count). The molecule has 0 saturated carbocycles. The lowest BCUT2D eigenvalue weighted by molar-refractivity contribution is -0.129. The minimum atomic E-state index is -0.469. The van der Waals surface area contributed by atoms with Crippen LogP contribution < -0.4 is 5.32 Å². The highest BCUT2D eigenvalue weighted by atomic mass is 32.2. The molecular formula is C13H14N2O4S. The van der Waals surface area contributed by atoms with Crippen molar-refractivity contribution in [2.75, 3.05) is 13.1 Å². The van der Waals surface area contributed by atoms with Gasteiger partial charge in [-0.1, -0.05) is 6.92 Å². The number of carbonyl (C=O) groups excluding carboxylic acids is 3. The zero-order valence-corrected chi connectivity index (χ0v) is 11.7. The molecule has 1 aromatic heterocycles. The molecule has 0 bridgehead atoms. The van der Waals surface area contributed by atoms with Gasteiger partial charge in [0.1, 0.15) is 12.3 Å². The van der Waals surface area contributed by atoms with Gasteiger partial charge in [-0.3, -0.25) is 19.3 Å². The first-order valence-corrected chi connectivity index (χ1v) is 6.99. The predicted molar refractivity (Wildman–Crippen MR) is 74.7 cm³/mol. The highest BCUT2D eigenvalue weighted by Gasteiger charge is 2.36. The van der Waals surface area contributed by atoms with Crippen molar-refractivity contribution in [2.45, 2.75) is 13.3 Å². The van der Waals surface area contributed by atoms with Gasteiger partial charge in [-0.15, -0.1) is 0 Å². The summed E-state index contributed by atoms with van der Waals surface area (Å²) in [5.74, 6) is -0.317. The lowest BCUT2D eigenvalue weighted by atomic mass is 10.3. The van der Waals surface area contributed by atoms with E-state index in [1.807, 2.05) is 6.92 Å². The SMILES string of the molecule is CCCNC(=O)CN1C(=O)S/C(=C\c2ccco2)C1=O. The normalized spacial score (nSPS) is 17.1. The number of nitrogens with zero attached hydrogens (tertiary/aromatic N) is 1. The van der Waals surface area contributed by atoms with Crippen LogP contribution >= 0.6 is 11.8 Å². The zero-order valence-electron chi connectivity index (χ0n) is 10.9. The van der Waals surface area contributed by atoms with Crippen molar-refractivity contribution in [1.82, 2.24) is 10.2 Å². The Hall–Kier alpha value is -2.02. The van der Waals surface area contributed by atoms with Crippen LogP contribution in [0.2, 0.25) is 0 Å². The summed E-state index contributed by atoms with van der Waals surface area (Å²) in [6.45, 7) is 2.20. The Bertz CT molecular complexity index is 551. The van der Waals surface area contributed by atoms with Gasteiger partial charge in [-0.2, -0.15) is 0 Å². The Morgan fingerprint density at radius 2 is 2.30 bits per heavy atom. The average molecular weight is 294 g/mol. The Balaban J connectivity index is 2.04. The van der Waals surface area contributed by atoms with Gasteiger partial charge < -0.3 is 9.73 Å². The van der Waals surface area contributed by atoms with Crippen LogP contribution in [0.3, 0.4) is 0 Å². The smallest absolute Gasteiger partial charge is 0.294 e. The van der Waals surface area contributed by atoms with Crippen molar-refractivity contribution in [3.05, 3.63) is 29.1 Å². The summed E-state index contributed by atoms with van der Waals surface area (Å²) in [6.07, 6.45) is 3.77. The number of carbonyl (C=O) groups is 3. The van der Waals surface area contributed by atoms with Crippen LogP contribution in [0, 0.1) is 0 Å². The van der Waals surface area contributed by atoms with E-state index in [-0.39, 0.29) is 17.4 Å². The second kappa shape index (κ2) is 6.42. The molecule has 0 aromatic carbocycles. The second-order valence-electron chi connectivity index (χ2n) is 4.13. The zero-order chi connectivity index (χ0) is 14.5. The first kappa shape index (κ1) is 14.4. The van der Waals surface area contributed by atoms with Crippen molar-refractivity contribution in [1.29, 1.82) is 0 Å². The third-order valence-corrected chi connectivity index (χ3v) is 3.47. The van der Waals surface area contributed by atoms with Crippen molar-refractivity contribution in [3.8, 4) is 0 Å². The number of rotatable bonds is 5. The van der Waals surface area contributed by atoms with Crippen molar-refractivity contribution < 1.29 is 18.8 Å². The topological polar surface area (TPSA) is 79.6 Å². The first-order chi connectivity index (χ1) is 9.61. The lowest BCUT2D eigenvalue weighted by Gasteiger charge is -2.11. The Morgan fingerprint density at radius 1 is 1.50 bits per heavy atom. The second-order valence-corrected chi connectivity index (χ2v) is 5.13. The molecule has 0 unspecified atom stereocenters. The molecule has 1 aromatic rings. The van der Waals surface area contributed by atoms with Gasteiger partial charge in [0.15, 0.2) is 0 Å². The number of hydrogen-bond donors (Lipinski definition) is 1. The number of amides is 3. The van der Waals surface area contributed by atoms with Crippen molar-refractivity contribution >= 4 is 34.9 Å². The maximum atomic E-state index is 12.0. The van der Waals surface area contributed by atoms with Gasteiger partial charge >= 0.3 is 0 Å². The summed E-state index contributed by atoms with van der Waals surface area (Å²) in [4.78, 5) is 36.6. The molecule has 6 nitrogen and oxygen atoms in total. The number of thioether (sulfide) groups is 1. The highest BCUT2D eigenvalue weighted by molar-refractivity contribution is 8.18. The van der Waals surface area contributed by atoms with E-state index in [1.165, 1.54) is 12.3 Å². The van der Waals surface area contributed by atoms with Crippen molar-refractivity contribution in [3.63, 3.8) is 0 Å². The maximum absolute atomic E-state index is 12.0. The molecule has 3 amide bonds. The molecule has 0 radical (unpaired) electrons. The molecule has 0 aliphatic carbocycles. The summed E-state index contributed by atoms with van der Waals surface area (Å²) in [5, 5.41) is 2.18. The van der Waals surface area contributed by atoms with Crippen LogP contribution in [-0.2, 0) is 9.59 Å². The largest absolute Gasteiger partial charge is 0.465 e. The third-order valence-electron chi connectivity index (χ3n) is 2.56. The summed E-state index contributed by atoms with van der Waals surface area (Å²) in [6, 6.07) is 3.37. The minimum absolute atomic E-state index is 0.250. The van der Waals surface area contributed by atoms with E-state index in [4.69, 9.17) is 4.42 Å². The number of furan rings is 1. The van der Waals surface area contributed by atoms with Gasteiger partial charge in [-0.05, 0) is 30.3 Å². The van der Waals surface area contributed by atoms with Crippen molar-refractivity contribution in [2.24, 2.45) is 0 Å². The molecule has 2 heterocycles. The van der Waals surface area contributed by atoms with E-state index in [1.54, 1.807) is 12.1 Å². The van der Waals surface area contributed by atoms with Crippen LogP contribution in [0.15, 0.2) is 27.7 Å². The fourth-order valence-electron chi connectivity index (χ4n) is 1.60. The van der Waals surface area contributed by atoms with E-state index >= 15 is 0 Å².